The first-order valence-electron chi connectivity index (χ1n) is 6.96. The molecule has 1 aliphatic rings. The maximum Gasteiger partial charge on any atom is 0.150 e. The van der Waals surface area contributed by atoms with Crippen LogP contribution in [0.5, 0.6) is 5.75 Å². The van der Waals surface area contributed by atoms with Crippen LogP contribution in [0.15, 0.2) is 24.3 Å². The molecule has 2 aromatic rings. The molecule has 20 heavy (non-hydrogen) atoms. The molecule has 0 saturated heterocycles. The van der Waals surface area contributed by atoms with E-state index in [2.05, 4.69) is 4.98 Å². The van der Waals surface area contributed by atoms with E-state index in [9.17, 15) is 0 Å². The van der Waals surface area contributed by atoms with Crippen molar-refractivity contribution >= 4 is 5.82 Å². The van der Waals surface area contributed by atoms with Gasteiger partial charge in [0.1, 0.15) is 17.3 Å². The first-order chi connectivity index (χ1) is 9.56. The molecule has 1 fully saturated rings. The van der Waals surface area contributed by atoms with Crippen LogP contribution in [0.1, 0.15) is 38.4 Å². The number of aromatic nitrogens is 2. The third-order valence-electron chi connectivity index (χ3n) is 3.42. The van der Waals surface area contributed by atoms with Crippen molar-refractivity contribution in [2.24, 2.45) is 0 Å². The Morgan fingerprint density at radius 3 is 2.45 bits per heavy atom. The molecule has 5 nitrogen and oxygen atoms in total. The molecule has 0 aliphatic heterocycles. The number of anilines is 1. The van der Waals surface area contributed by atoms with Crippen molar-refractivity contribution < 1.29 is 4.74 Å². The van der Waals surface area contributed by atoms with Crippen molar-refractivity contribution in [2.45, 2.75) is 38.7 Å². The van der Waals surface area contributed by atoms with Gasteiger partial charge in [-0.3, -0.25) is 0 Å². The lowest BCUT2D eigenvalue weighted by atomic mass is 10.1. The van der Waals surface area contributed by atoms with E-state index in [1.807, 2.05) is 38.1 Å². The molecular weight excluding hydrogens is 252 g/mol. The van der Waals surface area contributed by atoms with Crippen molar-refractivity contribution in [1.82, 2.24) is 9.66 Å². The first-order valence-corrected chi connectivity index (χ1v) is 6.96. The van der Waals surface area contributed by atoms with Gasteiger partial charge < -0.3 is 16.3 Å². The summed E-state index contributed by atoms with van der Waals surface area (Å²) in [6, 6.07) is 7.79. The van der Waals surface area contributed by atoms with E-state index >= 15 is 0 Å². The van der Waals surface area contributed by atoms with E-state index in [1.54, 1.807) is 0 Å². The fourth-order valence-electron chi connectivity index (χ4n) is 2.27. The predicted molar refractivity (Wildman–Crippen MR) is 80.0 cm³/mol. The molecule has 1 aromatic heterocycles. The number of nitrogen functional groups attached to an aromatic ring is 2. The monoisotopic (exact) mass is 272 g/mol. The van der Waals surface area contributed by atoms with Gasteiger partial charge in [-0.1, -0.05) is 0 Å². The Morgan fingerprint density at radius 2 is 1.90 bits per heavy atom. The fourth-order valence-corrected chi connectivity index (χ4v) is 2.27. The van der Waals surface area contributed by atoms with Crippen LogP contribution in [0.2, 0.25) is 0 Å². The highest BCUT2D eigenvalue weighted by Gasteiger charge is 2.30. The molecule has 1 heterocycles. The Hall–Kier alpha value is -2.17. The maximum absolute atomic E-state index is 6.06. The zero-order chi connectivity index (χ0) is 14.3. The third-order valence-corrected chi connectivity index (χ3v) is 3.42. The maximum atomic E-state index is 6.06. The van der Waals surface area contributed by atoms with Gasteiger partial charge in [0.2, 0.25) is 0 Å². The molecule has 5 heteroatoms. The van der Waals surface area contributed by atoms with Crippen molar-refractivity contribution in [3.8, 4) is 17.0 Å². The Kier molecular flexibility index (Phi) is 3.04. The second kappa shape index (κ2) is 4.74. The molecule has 106 valence electrons. The number of imidazole rings is 1. The first kappa shape index (κ1) is 12.8. The summed E-state index contributed by atoms with van der Waals surface area (Å²) < 4.78 is 7.15. The minimum atomic E-state index is 0.163. The van der Waals surface area contributed by atoms with Gasteiger partial charge in [-0.2, -0.15) is 0 Å². The van der Waals surface area contributed by atoms with E-state index in [1.165, 1.54) is 4.68 Å². The topological polar surface area (TPSA) is 79.1 Å². The molecule has 0 bridgehead atoms. The summed E-state index contributed by atoms with van der Waals surface area (Å²) in [4.78, 5) is 4.60. The molecule has 0 unspecified atom stereocenters. The largest absolute Gasteiger partial charge is 0.491 e. The molecule has 0 radical (unpaired) electrons. The lowest BCUT2D eigenvalue weighted by Gasteiger charge is -2.09. The lowest BCUT2D eigenvalue weighted by Crippen LogP contribution is -2.14. The normalized spacial score (nSPS) is 14.8. The van der Waals surface area contributed by atoms with Gasteiger partial charge in [0.05, 0.1) is 6.10 Å². The van der Waals surface area contributed by atoms with Crippen LogP contribution in [0.4, 0.5) is 5.82 Å². The van der Waals surface area contributed by atoms with Gasteiger partial charge in [-0.05, 0) is 51.0 Å². The summed E-state index contributed by atoms with van der Waals surface area (Å²) in [5.41, 5.74) is 7.78. The highest BCUT2D eigenvalue weighted by molar-refractivity contribution is 5.71. The van der Waals surface area contributed by atoms with Crippen LogP contribution in [-0.4, -0.2) is 15.8 Å². The van der Waals surface area contributed by atoms with E-state index in [0.717, 1.165) is 35.7 Å². The zero-order valence-corrected chi connectivity index (χ0v) is 11.8. The second-order valence-corrected chi connectivity index (χ2v) is 5.54. The average molecular weight is 272 g/mol. The van der Waals surface area contributed by atoms with Crippen molar-refractivity contribution in [2.75, 3.05) is 11.6 Å². The molecule has 0 amide bonds. The van der Waals surface area contributed by atoms with Crippen LogP contribution in [0.25, 0.3) is 11.3 Å². The van der Waals surface area contributed by atoms with Gasteiger partial charge >= 0.3 is 0 Å². The number of benzene rings is 1. The smallest absolute Gasteiger partial charge is 0.150 e. The Labute approximate surface area is 118 Å². The van der Waals surface area contributed by atoms with Gasteiger partial charge in [-0.25, -0.2) is 9.66 Å². The number of nitrogens with zero attached hydrogens (tertiary/aromatic N) is 2. The van der Waals surface area contributed by atoms with E-state index < -0.39 is 0 Å². The fraction of sp³-hybridized carbons (Fsp3) is 0.400. The van der Waals surface area contributed by atoms with Crippen LogP contribution >= 0.6 is 0 Å². The molecular formula is C15H20N4O. The molecule has 1 saturated carbocycles. The Balaban J connectivity index is 1.90. The van der Waals surface area contributed by atoms with E-state index in [4.69, 9.17) is 16.3 Å². The minimum Gasteiger partial charge on any atom is -0.491 e. The molecule has 0 spiro atoms. The number of hydrogen-bond donors (Lipinski definition) is 2. The van der Waals surface area contributed by atoms with Crippen LogP contribution < -0.4 is 16.3 Å². The molecule has 3 rings (SSSR count). The SMILES string of the molecule is CC(C)Oc1ccc(-c2nc(C3CC3)n(N)c2N)cc1. The summed E-state index contributed by atoms with van der Waals surface area (Å²) in [5.74, 6) is 8.71. The number of nitrogens with two attached hydrogens (primary N) is 2. The highest BCUT2D eigenvalue weighted by Crippen LogP contribution is 2.41. The van der Waals surface area contributed by atoms with Gasteiger partial charge in [-0.15, -0.1) is 0 Å². The van der Waals surface area contributed by atoms with E-state index in [0.29, 0.717) is 11.7 Å². The highest BCUT2D eigenvalue weighted by atomic mass is 16.5. The van der Waals surface area contributed by atoms with Crippen LogP contribution in [0.3, 0.4) is 0 Å². The number of ether oxygens (including phenoxy) is 1. The van der Waals surface area contributed by atoms with Gasteiger partial charge in [0, 0.05) is 11.5 Å². The summed E-state index contributed by atoms with van der Waals surface area (Å²) in [7, 11) is 0. The van der Waals surface area contributed by atoms with Crippen LogP contribution in [0, 0.1) is 0 Å². The molecule has 1 aliphatic carbocycles. The minimum absolute atomic E-state index is 0.163. The van der Waals surface area contributed by atoms with Gasteiger partial charge in [0.25, 0.3) is 0 Å². The second-order valence-electron chi connectivity index (χ2n) is 5.54. The summed E-state index contributed by atoms with van der Waals surface area (Å²) >= 11 is 0. The number of hydrogen-bond acceptors (Lipinski definition) is 4. The van der Waals surface area contributed by atoms with Gasteiger partial charge in [0.15, 0.2) is 5.82 Å². The molecule has 1 aromatic carbocycles. The predicted octanol–water partition coefficient (Wildman–Crippen LogP) is 2.51. The quantitative estimate of drug-likeness (QED) is 0.838. The summed E-state index contributed by atoms with van der Waals surface area (Å²) in [6.07, 6.45) is 2.46. The van der Waals surface area contributed by atoms with E-state index in [-0.39, 0.29) is 6.10 Å². The third kappa shape index (κ3) is 2.31. The summed E-state index contributed by atoms with van der Waals surface area (Å²) in [6.45, 7) is 4.01. The average Bonchev–Trinajstić information content (AvgIpc) is 3.20. The number of rotatable bonds is 4. The molecule has 0 atom stereocenters. The van der Waals surface area contributed by atoms with Crippen molar-refractivity contribution in [3.05, 3.63) is 30.1 Å². The van der Waals surface area contributed by atoms with Crippen LogP contribution in [-0.2, 0) is 0 Å². The van der Waals surface area contributed by atoms with Crippen molar-refractivity contribution in [1.29, 1.82) is 0 Å². The Morgan fingerprint density at radius 1 is 1.25 bits per heavy atom. The lowest BCUT2D eigenvalue weighted by molar-refractivity contribution is 0.242. The Bertz CT molecular complexity index is 612. The van der Waals surface area contributed by atoms with Crippen molar-refractivity contribution in [3.63, 3.8) is 0 Å². The zero-order valence-electron chi connectivity index (χ0n) is 11.8. The molecule has 4 N–H and O–H groups in total. The standard InChI is InChI=1S/C15H20N4O/c1-9(2)20-12-7-5-10(6-8-12)13-14(16)19(17)15(18-13)11-3-4-11/h5-9,11H,3-4,16-17H2,1-2H3. The summed E-state index contributed by atoms with van der Waals surface area (Å²) in [5, 5.41) is 0.